The van der Waals surface area contributed by atoms with Crippen LogP contribution in [0.4, 0.5) is 13.6 Å². The molecule has 1 aromatic carbocycles. The van der Waals surface area contributed by atoms with Crippen molar-refractivity contribution in [2.45, 2.75) is 45.2 Å². The Hall–Kier alpha value is -2.51. The molecule has 0 spiro atoms. The number of hydrogen-bond donors (Lipinski definition) is 2. The van der Waals surface area contributed by atoms with Gasteiger partial charge in [-0.15, -0.1) is 0 Å². The van der Waals surface area contributed by atoms with Crippen LogP contribution in [0.5, 0.6) is 0 Å². The van der Waals surface area contributed by atoms with E-state index in [9.17, 15) is 23.2 Å². The van der Waals surface area contributed by atoms with Crippen molar-refractivity contribution in [1.82, 2.24) is 15.5 Å². The molecule has 1 aromatic rings. The van der Waals surface area contributed by atoms with Crippen molar-refractivity contribution >= 4 is 17.8 Å². The zero-order chi connectivity index (χ0) is 19.0. The summed E-state index contributed by atoms with van der Waals surface area (Å²) in [6, 6.07) is 1.83. The summed E-state index contributed by atoms with van der Waals surface area (Å²) in [7, 11) is 0. The standard InChI is InChI=1S/C17H21F2N3O3/c1-5-16(2,3)20-13(23)9-22-14(24)17(4,21-15(22)25)11-8-10(18)6-7-12(11)19/h6-8H,5,9H2,1-4H3,(H,20,23)(H,21,25)/t17-/m1/s1. The molecule has 1 aliphatic rings. The highest BCUT2D eigenvalue weighted by Crippen LogP contribution is 2.31. The number of urea groups is 1. The summed E-state index contributed by atoms with van der Waals surface area (Å²) < 4.78 is 27.5. The molecule has 1 fully saturated rings. The molecular formula is C17H21F2N3O3. The van der Waals surface area contributed by atoms with Gasteiger partial charge in [0.05, 0.1) is 0 Å². The largest absolute Gasteiger partial charge is 0.350 e. The third-order valence-corrected chi connectivity index (χ3v) is 4.41. The first-order valence-corrected chi connectivity index (χ1v) is 7.91. The van der Waals surface area contributed by atoms with E-state index in [-0.39, 0.29) is 5.56 Å². The third kappa shape index (κ3) is 3.62. The van der Waals surface area contributed by atoms with Crippen LogP contribution in [0.2, 0.25) is 0 Å². The van der Waals surface area contributed by atoms with Crippen LogP contribution in [0, 0.1) is 11.6 Å². The smallest absolute Gasteiger partial charge is 0.325 e. The van der Waals surface area contributed by atoms with E-state index in [2.05, 4.69) is 10.6 Å². The number of halogens is 2. The van der Waals surface area contributed by atoms with E-state index < -0.39 is 47.1 Å². The molecule has 0 bridgehead atoms. The van der Waals surface area contributed by atoms with Gasteiger partial charge in [-0.25, -0.2) is 13.6 Å². The van der Waals surface area contributed by atoms with Crippen molar-refractivity contribution in [3.8, 4) is 0 Å². The maximum Gasteiger partial charge on any atom is 0.325 e. The van der Waals surface area contributed by atoms with Gasteiger partial charge in [0, 0.05) is 11.1 Å². The molecule has 25 heavy (non-hydrogen) atoms. The van der Waals surface area contributed by atoms with Gasteiger partial charge in [-0.1, -0.05) is 6.92 Å². The molecule has 2 N–H and O–H groups in total. The molecule has 0 aliphatic carbocycles. The van der Waals surface area contributed by atoms with Crippen LogP contribution in [0.25, 0.3) is 0 Å². The summed E-state index contributed by atoms with van der Waals surface area (Å²) in [5.41, 5.74) is -2.55. The summed E-state index contributed by atoms with van der Waals surface area (Å²) in [6.07, 6.45) is 0.658. The summed E-state index contributed by atoms with van der Waals surface area (Å²) in [5, 5.41) is 5.06. The SMILES string of the molecule is CCC(C)(C)NC(=O)CN1C(=O)N[C@](C)(c2cc(F)ccc2F)C1=O. The van der Waals surface area contributed by atoms with Gasteiger partial charge in [-0.05, 0) is 45.4 Å². The topological polar surface area (TPSA) is 78.5 Å². The normalized spacial score (nSPS) is 20.6. The van der Waals surface area contributed by atoms with E-state index in [1.165, 1.54) is 6.92 Å². The number of amides is 4. The van der Waals surface area contributed by atoms with Gasteiger partial charge in [0.25, 0.3) is 5.91 Å². The van der Waals surface area contributed by atoms with Crippen molar-refractivity contribution < 1.29 is 23.2 Å². The Morgan fingerprint density at radius 2 is 1.96 bits per heavy atom. The molecule has 8 heteroatoms. The molecule has 1 saturated heterocycles. The van der Waals surface area contributed by atoms with Crippen molar-refractivity contribution in [2.75, 3.05) is 6.54 Å². The van der Waals surface area contributed by atoms with Crippen molar-refractivity contribution in [2.24, 2.45) is 0 Å². The van der Waals surface area contributed by atoms with Crippen molar-refractivity contribution in [3.05, 3.63) is 35.4 Å². The van der Waals surface area contributed by atoms with Crippen LogP contribution in [-0.2, 0) is 15.1 Å². The van der Waals surface area contributed by atoms with E-state index in [0.29, 0.717) is 11.3 Å². The molecule has 1 atom stereocenters. The minimum absolute atomic E-state index is 0.289. The van der Waals surface area contributed by atoms with Crippen LogP contribution < -0.4 is 10.6 Å². The average molecular weight is 353 g/mol. The number of hydrogen-bond acceptors (Lipinski definition) is 3. The van der Waals surface area contributed by atoms with Gasteiger partial charge in [-0.2, -0.15) is 0 Å². The Morgan fingerprint density at radius 1 is 1.32 bits per heavy atom. The van der Waals surface area contributed by atoms with E-state index >= 15 is 0 Å². The maximum absolute atomic E-state index is 14.1. The van der Waals surface area contributed by atoms with Gasteiger partial charge in [0.2, 0.25) is 5.91 Å². The van der Waals surface area contributed by atoms with Crippen molar-refractivity contribution in [1.29, 1.82) is 0 Å². The lowest BCUT2D eigenvalue weighted by Gasteiger charge is -2.26. The second kappa shape index (κ2) is 6.42. The second-order valence-corrected chi connectivity index (χ2v) is 6.86. The first kappa shape index (κ1) is 18.8. The van der Waals surface area contributed by atoms with Gasteiger partial charge in [-0.3, -0.25) is 14.5 Å². The number of nitrogens with zero attached hydrogens (tertiary/aromatic N) is 1. The summed E-state index contributed by atoms with van der Waals surface area (Å²) in [4.78, 5) is 37.6. The summed E-state index contributed by atoms with van der Waals surface area (Å²) in [5.74, 6) is -2.89. The monoisotopic (exact) mass is 353 g/mol. The van der Waals surface area contributed by atoms with Crippen LogP contribution >= 0.6 is 0 Å². The Kier molecular flexibility index (Phi) is 4.83. The molecule has 2 rings (SSSR count). The second-order valence-electron chi connectivity index (χ2n) is 6.86. The number of carbonyl (C=O) groups excluding carboxylic acids is 3. The number of rotatable bonds is 5. The van der Waals surface area contributed by atoms with E-state index in [4.69, 9.17) is 0 Å². The molecule has 136 valence electrons. The molecule has 4 amide bonds. The molecule has 0 saturated carbocycles. The van der Waals surface area contributed by atoms with Crippen LogP contribution in [-0.4, -0.2) is 34.8 Å². The Morgan fingerprint density at radius 3 is 2.56 bits per heavy atom. The van der Waals surface area contributed by atoms with E-state index in [0.717, 1.165) is 18.2 Å². The zero-order valence-electron chi connectivity index (χ0n) is 14.6. The predicted molar refractivity (Wildman–Crippen MR) is 86.5 cm³/mol. The Labute approximate surface area is 144 Å². The third-order valence-electron chi connectivity index (χ3n) is 4.41. The Balaban J connectivity index is 2.25. The minimum atomic E-state index is -1.77. The highest BCUT2D eigenvalue weighted by Gasteiger charge is 2.51. The van der Waals surface area contributed by atoms with Gasteiger partial charge in [0.15, 0.2) is 0 Å². The number of imide groups is 1. The van der Waals surface area contributed by atoms with Gasteiger partial charge >= 0.3 is 6.03 Å². The zero-order valence-corrected chi connectivity index (χ0v) is 14.6. The fourth-order valence-electron chi connectivity index (χ4n) is 2.55. The minimum Gasteiger partial charge on any atom is -0.350 e. The van der Waals surface area contributed by atoms with Gasteiger partial charge in [0.1, 0.15) is 23.7 Å². The molecule has 6 nitrogen and oxygen atoms in total. The molecule has 1 aliphatic heterocycles. The van der Waals surface area contributed by atoms with Crippen LogP contribution in [0.1, 0.15) is 39.7 Å². The number of nitrogens with one attached hydrogen (secondary N) is 2. The molecule has 1 heterocycles. The van der Waals surface area contributed by atoms with E-state index in [1.54, 1.807) is 0 Å². The van der Waals surface area contributed by atoms with Crippen LogP contribution in [0.3, 0.4) is 0 Å². The maximum atomic E-state index is 14.1. The highest BCUT2D eigenvalue weighted by molar-refractivity contribution is 6.09. The molecule has 0 radical (unpaired) electrons. The molecular weight excluding hydrogens is 332 g/mol. The first-order valence-electron chi connectivity index (χ1n) is 7.91. The fourth-order valence-corrected chi connectivity index (χ4v) is 2.55. The lowest BCUT2D eigenvalue weighted by atomic mass is 9.91. The van der Waals surface area contributed by atoms with Gasteiger partial charge < -0.3 is 10.6 Å². The first-order chi connectivity index (χ1) is 11.5. The quantitative estimate of drug-likeness (QED) is 0.795. The Bertz CT molecular complexity index is 736. The number of carbonyl (C=O) groups is 3. The summed E-state index contributed by atoms with van der Waals surface area (Å²) in [6.45, 7) is 6.28. The lowest BCUT2D eigenvalue weighted by molar-refractivity contribution is -0.135. The fraction of sp³-hybridized carbons (Fsp3) is 0.471. The summed E-state index contributed by atoms with van der Waals surface area (Å²) >= 11 is 0. The molecule has 0 aromatic heterocycles. The average Bonchev–Trinajstić information content (AvgIpc) is 2.73. The molecule has 0 unspecified atom stereocenters. The highest BCUT2D eigenvalue weighted by atomic mass is 19.1. The number of benzene rings is 1. The predicted octanol–water partition coefficient (Wildman–Crippen LogP) is 2.04. The van der Waals surface area contributed by atoms with Crippen molar-refractivity contribution in [3.63, 3.8) is 0 Å². The van der Waals surface area contributed by atoms with E-state index in [1.807, 2.05) is 20.8 Å². The van der Waals surface area contributed by atoms with Crippen LogP contribution in [0.15, 0.2) is 18.2 Å². The lowest BCUT2D eigenvalue weighted by Crippen LogP contribution is -2.49.